The highest BCUT2D eigenvalue weighted by Crippen LogP contribution is 2.48. The van der Waals surface area contributed by atoms with Gasteiger partial charge in [0.2, 0.25) is 5.91 Å². The number of hydrogen-bond donors (Lipinski definition) is 0. The number of likely N-dealkylation sites (tertiary alicyclic amines) is 1. The largest absolute Gasteiger partial charge is 0.342 e. The molecule has 1 aromatic carbocycles. The van der Waals surface area contributed by atoms with Crippen LogP contribution in [0, 0.1) is 17.7 Å². The van der Waals surface area contributed by atoms with Crippen LogP contribution < -0.4 is 0 Å². The standard InChI is InChI=1S/C19H22FN3O/c1-22-11-14(10-21-22)8-13-6-7-23(12-13)19(24)18-9-17(18)15-2-4-16(20)5-3-15/h2-5,10-11,13,17-18H,6-9,12H2,1H3/t13-,17+,18-/m0/s1. The average molecular weight is 327 g/mol. The average Bonchev–Trinajstić information content (AvgIpc) is 3.05. The Balaban J connectivity index is 1.32. The number of aromatic nitrogens is 2. The second-order valence-electron chi connectivity index (χ2n) is 7.17. The first-order valence-corrected chi connectivity index (χ1v) is 8.62. The molecule has 2 heterocycles. The summed E-state index contributed by atoms with van der Waals surface area (Å²) in [5.74, 6) is 0.947. The van der Waals surface area contributed by atoms with Crippen molar-refractivity contribution in [3.8, 4) is 0 Å². The third-order valence-electron chi connectivity index (χ3n) is 5.29. The molecule has 3 atom stereocenters. The maximum Gasteiger partial charge on any atom is 0.226 e. The number of halogens is 1. The molecule has 1 aromatic heterocycles. The van der Waals surface area contributed by atoms with Gasteiger partial charge in [-0.2, -0.15) is 5.10 Å². The Morgan fingerprint density at radius 3 is 2.83 bits per heavy atom. The summed E-state index contributed by atoms with van der Waals surface area (Å²) in [6.45, 7) is 1.71. The first-order valence-electron chi connectivity index (χ1n) is 8.62. The van der Waals surface area contributed by atoms with E-state index in [4.69, 9.17) is 0 Å². The molecule has 1 aliphatic heterocycles. The van der Waals surface area contributed by atoms with E-state index in [0.717, 1.165) is 37.9 Å². The predicted octanol–water partition coefficient (Wildman–Crippen LogP) is 2.75. The van der Waals surface area contributed by atoms with E-state index >= 15 is 0 Å². The van der Waals surface area contributed by atoms with Gasteiger partial charge in [0.15, 0.2) is 0 Å². The highest BCUT2D eigenvalue weighted by atomic mass is 19.1. The summed E-state index contributed by atoms with van der Waals surface area (Å²) >= 11 is 0. The van der Waals surface area contributed by atoms with Crippen LogP contribution in [0.5, 0.6) is 0 Å². The van der Waals surface area contributed by atoms with Gasteiger partial charge in [0.1, 0.15) is 5.82 Å². The van der Waals surface area contributed by atoms with Gasteiger partial charge < -0.3 is 4.90 Å². The van der Waals surface area contributed by atoms with Crippen molar-refractivity contribution in [1.82, 2.24) is 14.7 Å². The lowest BCUT2D eigenvalue weighted by Crippen LogP contribution is -2.30. The molecule has 2 aliphatic rings. The zero-order valence-corrected chi connectivity index (χ0v) is 13.9. The van der Waals surface area contributed by atoms with Gasteiger partial charge >= 0.3 is 0 Å². The molecule has 1 saturated carbocycles. The lowest BCUT2D eigenvalue weighted by Gasteiger charge is -2.16. The monoisotopic (exact) mass is 327 g/mol. The summed E-state index contributed by atoms with van der Waals surface area (Å²) < 4.78 is 14.8. The van der Waals surface area contributed by atoms with Crippen molar-refractivity contribution in [3.63, 3.8) is 0 Å². The molecule has 1 amide bonds. The summed E-state index contributed by atoms with van der Waals surface area (Å²) in [6.07, 6.45) is 6.92. The van der Waals surface area contributed by atoms with E-state index in [9.17, 15) is 9.18 Å². The van der Waals surface area contributed by atoms with E-state index in [1.54, 1.807) is 0 Å². The summed E-state index contributed by atoms with van der Waals surface area (Å²) in [5.41, 5.74) is 2.33. The number of carbonyl (C=O) groups is 1. The second kappa shape index (κ2) is 6.04. The van der Waals surface area contributed by atoms with Crippen molar-refractivity contribution in [2.24, 2.45) is 18.9 Å². The summed E-state index contributed by atoms with van der Waals surface area (Å²) in [7, 11) is 1.93. The number of nitrogens with zero attached hydrogens (tertiary/aromatic N) is 3. The molecule has 2 fully saturated rings. The van der Waals surface area contributed by atoms with Crippen LogP contribution in [0.25, 0.3) is 0 Å². The molecule has 24 heavy (non-hydrogen) atoms. The zero-order valence-electron chi connectivity index (χ0n) is 13.9. The number of hydrogen-bond acceptors (Lipinski definition) is 2. The molecule has 1 aliphatic carbocycles. The molecule has 4 rings (SSSR count). The van der Waals surface area contributed by atoms with Gasteiger partial charge in [-0.05, 0) is 54.4 Å². The van der Waals surface area contributed by atoms with Crippen molar-refractivity contribution in [2.75, 3.05) is 13.1 Å². The van der Waals surface area contributed by atoms with Crippen LogP contribution >= 0.6 is 0 Å². The van der Waals surface area contributed by atoms with Gasteiger partial charge in [-0.15, -0.1) is 0 Å². The Labute approximate surface area is 141 Å². The van der Waals surface area contributed by atoms with Crippen molar-refractivity contribution < 1.29 is 9.18 Å². The predicted molar refractivity (Wildman–Crippen MR) is 88.8 cm³/mol. The molecule has 4 nitrogen and oxygen atoms in total. The summed E-state index contributed by atoms with van der Waals surface area (Å²) in [5, 5.41) is 4.21. The van der Waals surface area contributed by atoms with E-state index in [1.807, 2.05) is 35.0 Å². The van der Waals surface area contributed by atoms with Crippen molar-refractivity contribution in [3.05, 3.63) is 53.6 Å². The maximum absolute atomic E-state index is 13.0. The fraction of sp³-hybridized carbons (Fsp3) is 0.474. The first-order chi connectivity index (χ1) is 11.6. The minimum absolute atomic E-state index is 0.0904. The quantitative estimate of drug-likeness (QED) is 0.866. The number of amides is 1. The lowest BCUT2D eigenvalue weighted by molar-refractivity contribution is -0.131. The third kappa shape index (κ3) is 3.07. The Morgan fingerprint density at radius 1 is 1.33 bits per heavy atom. The van der Waals surface area contributed by atoms with Gasteiger partial charge in [0.25, 0.3) is 0 Å². The molecule has 1 saturated heterocycles. The van der Waals surface area contributed by atoms with E-state index in [-0.39, 0.29) is 23.6 Å². The Kier molecular flexibility index (Phi) is 3.87. The molecular weight excluding hydrogens is 305 g/mol. The number of aryl methyl sites for hydroxylation is 1. The van der Waals surface area contributed by atoms with Gasteiger partial charge in [-0.1, -0.05) is 12.1 Å². The van der Waals surface area contributed by atoms with Crippen molar-refractivity contribution >= 4 is 5.91 Å². The second-order valence-corrected chi connectivity index (χ2v) is 7.17. The highest BCUT2D eigenvalue weighted by molar-refractivity contribution is 5.83. The zero-order chi connectivity index (χ0) is 16.7. The minimum Gasteiger partial charge on any atom is -0.342 e. The first kappa shape index (κ1) is 15.4. The molecule has 0 unspecified atom stereocenters. The van der Waals surface area contributed by atoms with Gasteiger partial charge in [0.05, 0.1) is 6.20 Å². The van der Waals surface area contributed by atoms with Crippen LogP contribution in [-0.2, 0) is 18.3 Å². The van der Waals surface area contributed by atoms with Crippen LogP contribution in [0.1, 0.15) is 29.9 Å². The van der Waals surface area contributed by atoms with Crippen LogP contribution in [0.3, 0.4) is 0 Å². The van der Waals surface area contributed by atoms with E-state index in [2.05, 4.69) is 11.3 Å². The summed E-state index contributed by atoms with van der Waals surface area (Å²) in [4.78, 5) is 14.7. The van der Waals surface area contributed by atoms with Crippen LogP contribution in [0.4, 0.5) is 4.39 Å². The normalized spacial score (nSPS) is 25.9. The van der Waals surface area contributed by atoms with Crippen molar-refractivity contribution in [2.45, 2.75) is 25.2 Å². The van der Waals surface area contributed by atoms with Crippen molar-refractivity contribution in [1.29, 1.82) is 0 Å². The van der Waals surface area contributed by atoms with Crippen LogP contribution in [-0.4, -0.2) is 33.7 Å². The molecule has 2 aromatic rings. The SMILES string of the molecule is Cn1cc(C[C@@H]2CCN(C(=O)[C@H]3C[C@@H]3c3ccc(F)cc3)C2)cn1. The van der Waals surface area contributed by atoms with E-state index in [1.165, 1.54) is 17.7 Å². The summed E-state index contributed by atoms with van der Waals surface area (Å²) in [6, 6.07) is 6.58. The third-order valence-corrected chi connectivity index (χ3v) is 5.29. The smallest absolute Gasteiger partial charge is 0.226 e. The Bertz CT molecular complexity index is 739. The number of carbonyl (C=O) groups excluding carboxylic acids is 1. The molecule has 0 radical (unpaired) electrons. The van der Waals surface area contributed by atoms with E-state index in [0.29, 0.717) is 5.92 Å². The molecule has 0 spiro atoms. The topological polar surface area (TPSA) is 38.1 Å². The molecule has 0 bridgehead atoms. The lowest BCUT2D eigenvalue weighted by atomic mass is 10.0. The minimum atomic E-state index is -0.222. The number of rotatable bonds is 4. The Hall–Kier alpha value is -2.17. The Morgan fingerprint density at radius 2 is 2.12 bits per heavy atom. The van der Waals surface area contributed by atoms with Gasteiger partial charge in [0, 0.05) is 32.3 Å². The number of benzene rings is 1. The van der Waals surface area contributed by atoms with Crippen LogP contribution in [0.2, 0.25) is 0 Å². The highest BCUT2D eigenvalue weighted by Gasteiger charge is 2.46. The molecular formula is C19H22FN3O. The van der Waals surface area contributed by atoms with E-state index < -0.39 is 0 Å². The molecule has 126 valence electrons. The molecule has 0 N–H and O–H groups in total. The molecule has 5 heteroatoms. The maximum atomic E-state index is 13.0. The van der Waals surface area contributed by atoms with Crippen LogP contribution in [0.15, 0.2) is 36.7 Å². The fourth-order valence-corrected chi connectivity index (χ4v) is 3.89. The fourth-order valence-electron chi connectivity index (χ4n) is 3.89. The van der Waals surface area contributed by atoms with Gasteiger partial charge in [-0.3, -0.25) is 9.48 Å². The van der Waals surface area contributed by atoms with Gasteiger partial charge in [-0.25, -0.2) is 4.39 Å².